The number of ether oxygens (including phenoxy) is 1. The third kappa shape index (κ3) is 5.39. The van der Waals surface area contributed by atoms with Gasteiger partial charge in [-0.2, -0.15) is 0 Å². The SMILES string of the molecule is O=C(NCc1ccccc1CN1CCOCC1)[C@@H]1CCN(c2cc(Cl)cc(Cl)c2)C1=O. The molecule has 2 aromatic carbocycles. The van der Waals surface area contributed by atoms with E-state index in [1.54, 1.807) is 23.1 Å². The molecule has 164 valence electrons. The van der Waals surface area contributed by atoms with Gasteiger partial charge in [0, 0.05) is 48.5 Å². The number of carbonyl (C=O) groups excluding carboxylic acids is 2. The predicted molar refractivity (Wildman–Crippen MR) is 121 cm³/mol. The van der Waals surface area contributed by atoms with Gasteiger partial charge in [0.25, 0.3) is 0 Å². The van der Waals surface area contributed by atoms with Crippen molar-refractivity contribution in [1.29, 1.82) is 0 Å². The van der Waals surface area contributed by atoms with E-state index in [0.29, 0.717) is 35.2 Å². The second kappa shape index (κ2) is 10.0. The van der Waals surface area contributed by atoms with Gasteiger partial charge < -0.3 is 15.0 Å². The number of anilines is 1. The highest BCUT2D eigenvalue weighted by Gasteiger charge is 2.37. The number of benzene rings is 2. The third-order valence-electron chi connectivity index (χ3n) is 5.75. The lowest BCUT2D eigenvalue weighted by Crippen LogP contribution is -2.37. The summed E-state index contributed by atoms with van der Waals surface area (Å²) in [6.45, 7) is 4.98. The fourth-order valence-electron chi connectivity index (χ4n) is 4.06. The van der Waals surface area contributed by atoms with Crippen LogP contribution >= 0.6 is 23.2 Å². The Morgan fingerprint density at radius 2 is 1.71 bits per heavy atom. The minimum absolute atomic E-state index is 0.225. The summed E-state index contributed by atoms with van der Waals surface area (Å²) in [5, 5.41) is 3.88. The van der Waals surface area contributed by atoms with Gasteiger partial charge >= 0.3 is 0 Å². The minimum Gasteiger partial charge on any atom is -0.379 e. The fraction of sp³-hybridized carbons (Fsp3) is 0.391. The van der Waals surface area contributed by atoms with Crippen LogP contribution in [-0.2, 0) is 27.4 Å². The van der Waals surface area contributed by atoms with Gasteiger partial charge in [0.05, 0.1) is 13.2 Å². The molecule has 31 heavy (non-hydrogen) atoms. The molecule has 1 atom stereocenters. The molecule has 0 saturated carbocycles. The molecule has 1 N–H and O–H groups in total. The number of carbonyl (C=O) groups is 2. The quantitative estimate of drug-likeness (QED) is 0.668. The van der Waals surface area contributed by atoms with Crippen LogP contribution < -0.4 is 10.2 Å². The van der Waals surface area contributed by atoms with Crippen molar-refractivity contribution in [3.63, 3.8) is 0 Å². The molecule has 4 rings (SSSR count). The van der Waals surface area contributed by atoms with Gasteiger partial charge in [0.15, 0.2) is 0 Å². The molecule has 0 radical (unpaired) electrons. The van der Waals surface area contributed by atoms with E-state index >= 15 is 0 Å². The molecule has 2 fully saturated rings. The zero-order valence-electron chi connectivity index (χ0n) is 17.2. The number of nitrogens with zero attached hydrogens (tertiary/aromatic N) is 2. The van der Waals surface area contributed by atoms with Crippen molar-refractivity contribution in [2.75, 3.05) is 37.7 Å². The van der Waals surface area contributed by atoms with Gasteiger partial charge in [-0.25, -0.2) is 0 Å². The van der Waals surface area contributed by atoms with E-state index in [9.17, 15) is 9.59 Å². The molecule has 6 nitrogen and oxygen atoms in total. The molecule has 0 spiro atoms. The maximum absolute atomic E-state index is 12.9. The van der Waals surface area contributed by atoms with Crippen molar-refractivity contribution >= 4 is 40.7 Å². The van der Waals surface area contributed by atoms with E-state index in [2.05, 4.69) is 16.3 Å². The maximum Gasteiger partial charge on any atom is 0.239 e. The van der Waals surface area contributed by atoms with E-state index in [-0.39, 0.29) is 11.8 Å². The number of hydrogen-bond donors (Lipinski definition) is 1. The lowest BCUT2D eigenvalue weighted by Gasteiger charge is -2.27. The van der Waals surface area contributed by atoms with Gasteiger partial charge in [-0.15, -0.1) is 0 Å². The van der Waals surface area contributed by atoms with Crippen LogP contribution in [-0.4, -0.2) is 49.6 Å². The summed E-state index contributed by atoms with van der Waals surface area (Å²) >= 11 is 12.1. The molecule has 2 aromatic rings. The van der Waals surface area contributed by atoms with Crippen molar-refractivity contribution < 1.29 is 14.3 Å². The summed E-state index contributed by atoms with van der Waals surface area (Å²) in [5.74, 6) is -1.18. The van der Waals surface area contributed by atoms with Crippen LogP contribution in [0.5, 0.6) is 0 Å². The minimum atomic E-state index is -0.704. The maximum atomic E-state index is 12.9. The summed E-state index contributed by atoms with van der Waals surface area (Å²) in [6, 6.07) is 13.1. The van der Waals surface area contributed by atoms with Gasteiger partial charge in [-0.05, 0) is 35.7 Å². The predicted octanol–water partition coefficient (Wildman–Crippen LogP) is 3.49. The molecule has 8 heteroatoms. The second-order valence-electron chi connectivity index (χ2n) is 7.83. The number of hydrogen-bond acceptors (Lipinski definition) is 4. The lowest BCUT2D eigenvalue weighted by atomic mass is 10.0. The van der Waals surface area contributed by atoms with Crippen LogP contribution in [0.2, 0.25) is 10.0 Å². The highest BCUT2D eigenvalue weighted by Crippen LogP contribution is 2.30. The monoisotopic (exact) mass is 461 g/mol. The van der Waals surface area contributed by atoms with Crippen LogP contribution in [0.1, 0.15) is 17.5 Å². The van der Waals surface area contributed by atoms with Gasteiger partial charge in [0.2, 0.25) is 11.8 Å². The van der Waals surface area contributed by atoms with Crippen molar-refractivity contribution in [2.24, 2.45) is 5.92 Å². The number of amides is 2. The molecule has 0 aliphatic carbocycles. The number of morpholine rings is 1. The molecule has 2 aliphatic heterocycles. The average Bonchev–Trinajstić information content (AvgIpc) is 3.14. The lowest BCUT2D eigenvalue weighted by molar-refractivity contribution is -0.132. The van der Waals surface area contributed by atoms with E-state index in [1.807, 2.05) is 18.2 Å². The number of halogens is 2. The molecular formula is C23H25Cl2N3O3. The van der Waals surface area contributed by atoms with E-state index in [0.717, 1.165) is 38.4 Å². The first-order valence-corrected chi connectivity index (χ1v) is 11.2. The first kappa shape index (κ1) is 22.1. The second-order valence-corrected chi connectivity index (χ2v) is 8.71. The van der Waals surface area contributed by atoms with Crippen molar-refractivity contribution in [3.8, 4) is 0 Å². The van der Waals surface area contributed by atoms with Crippen LogP contribution in [0, 0.1) is 5.92 Å². The smallest absolute Gasteiger partial charge is 0.239 e. The number of rotatable bonds is 6. The highest BCUT2D eigenvalue weighted by atomic mass is 35.5. The Bertz CT molecular complexity index is 943. The zero-order chi connectivity index (χ0) is 21.8. The molecule has 2 heterocycles. The van der Waals surface area contributed by atoms with Crippen molar-refractivity contribution in [3.05, 3.63) is 63.6 Å². The van der Waals surface area contributed by atoms with Crippen LogP contribution in [0.15, 0.2) is 42.5 Å². The topological polar surface area (TPSA) is 61.9 Å². The average molecular weight is 462 g/mol. The van der Waals surface area contributed by atoms with E-state index < -0.39 is 5.92 Å². The molecule has 0 bridgehead atoms. The Balaban J connectivity index is 1.38. The van der Waals surface area contributed by atoms with Crippen LogP contribution in [0.3, 0.4) is 0 Å². The van der Waals surface area contributed by atoms with Crippen LogP contribution in [0.4, 0.5) is 5.69 Å². The summed E-state index contributed by atoms with van der Waals surface area (Å²) in [7, 11) is 0. The molecule has 0 unspecified atom stereocenters. The van der Waals surface area contributed by atoms with Crippen LogP contribution in [0.25, 0.3) is 0 Å². The first-order valence-electron chi connectivity index (χ1n) is 10.4. The van der Waals surface area contributed by atoms with Gasteiger partial charge in [-0.3, -0.25) is 14.5 Å². The first-order chi connectivity index (χ1) is 15.0. The van der Waals surface area contributed by atoms with E-state index in [4.69, 9.17) is 27.9 Å². The van der Waals surface area contributed by atoms with Crippen molar-refractivity contribution in [2.45, 2.75) is 19.5 Å². The Hall–Kier alpha value is -2.12. The van der Waals surface area contributed by atoms with Gasteiger partial charge in [0.1, 0.15) is 5.92 Å². The van der Waals surface area contributed by atoms with Crippen molar-refractivity contribution in [1.82, 2.24) is 10.2 Å². The molecule has 2 aliphatic rings. The summed E-state index contributed by atoms with van der Waals surface area (Å²) in [5.41, 5.74) is 2.86. The summed E-state index contributed by atoms with van der Waals surface area (Å²) in [4.78, 5) is 29.6. The largest absolute Gasteiger partial charge is 0.379 e. The Morgan fingerprint density at radius 1 is 1.03 bits per heavy atom. The summed E-state index contributed by atoms with van der Waals surface area (Å²) in [6.07, 6.45) is 0.463. The van der Waals surface area contributed by atoms with E-state index in [1.165, 1.54) is 5.56 Å². The highest BCUT2D eigenvalue weighted by molar-refractivity contribution is 6.35. The molecule has 2 saturated heterocycles. The normalized spacial score (nSPS) is 19.6. The molecular weight excluding hydrogens is 437 g/mol. The summed E-state index contributed by atoms with van der Waals surface area (Å²) < 4.78 is 5.42. The molecule has 0 aromatic heterocycles. The third-order valence-corrected chi connectivity index (χ3v) is 6.19. The fourth-order valence-corrected chi connectivity index (χ4v) is 4.58. The Morgan fingerprint density at radius 3 is 2.42 bits per heavy atom. The molecule has 2 amide bonds. The number of nitrogens with one attached hydrogen (secondary N) is 1. The Labute approximate surface area is 192 Å². The zero-order valence-corrected chi connectivity index (χ0v) is 18.7. The Kier molecular flexibility index (Phi) is 7.13. The standard InChI is InChI=1S/C23H25Cl2N3O3/c24-18-11-19(25)13-20(12-18)28-6-5-21(23(28)30)22(29)26-14-16-3-1-2-4-17(16)15-27-7-9-31-10-8-27/h1-4,11-13,21H,5-10,14-15H2,(H,26,29)/t21-/m0/s1. The van der Waals surface area contributed by atoms with Gasteiger partial charge in [-0.1, -0.05) is 47.5 Å².